The molecule has 1 aromatic rings. The maximum absolute atomic E-state index is 13.1. The van der Waals surface area contributed by atoms with E-state index in [9.17, 15) is 8.78 Å². The van der Waals surface area contributed by atoms with Crippen LogP contribution in [0.4, 0.5) is 8.78 Å². The predicted molar refractivity (Wildman–Crippen MR) is 48.2 cm³/mol. The van der Waals surface area contributed by atoms with Crippen LogP contribution in [0.25, 0.3) is 0 Å². The molecule has 14 heavy (non-hydrogen) atoms. The van der Waals surface area contributed by atoms with Gasteiger partial charge in [0.05, 0.1) is 11.1 Å². The molecular formula is C9H13F2N3. The van der Waals surface area contributed by atoms with Gasteiger partial charge in [0.2, 0.25) is 0 Å². The van der Waals surface area contributed by atoms with E-state index >= 15 is 0 Å². The molecular weight excluding hydrogens is 188 g/mol. The Hall–Kier alpha value is -0.970. The summed E-state index contributed by atoms with van der Waals surface area (Å²) in [4.78, 5) is 0. The molecule has 78 valence electrons. The molecule has 1 aromatic heterocycles. The number of aryl methyl sites for hydroxylation is 1. The van der Waals surface area contributed by atoms with Gasteiger partial charge in [-0.15, -0.1) is 0 Å². The summed E-state index contributed by atoms with van der Waals surface area (Å²) in [6, 6.07) is 1.64. The van der Waals surface area contributed by atoms with Crippen molar-refractivity contribution in [1.29, 1.82) is 0 Å². The van der Waals surface area contributed by atoms with Gasteiger partial charge in [-0.2, -0.15) is 5.10 Å². The Morgan fingerprint density at radius 3 is 2.64 bits per heavy atom. The van der Waals surface area contributed by atoms with Crippen LogP contribution in [0.2, 0.25) is 0 Å². The lowest BCUT2D eigenvalue weighted by Gasteiger charge is -2.09. The van der Waals surface area contributed by atoms with E-state index in [1.807, 2.05) is 6.92 Å². The third kappa shape index (κ3) is 1.08. The standard InChI is InChI=1S/C9H13F2N3/c1-2-14-4-3-7(13-14)8(6-12)5-9(8,10)11/h3-4H,2,5-6,12H2,1H3. The van der Waals surface area contributed by atoms with Crippen LogP contribution in [-0.4, -0.2) is 22.2 Å². The van der Waals surface area contributed by atoms with Crippen LogP contribution in [0.3, 0.4) is 0 Å². The van der Waals surface area contributed by atoms with Crippen molar-refractivity contribution in [2.45, 2.75) is 31.2 Å². The van der Waals surface area contributed by atoms with Gasteiger partial charge in [-0.25, -0.2) is 8.78 Å². The van der Waals surface area contributed by atoms with Gasteiger partial charge >= 0.3 is 0 Å². The van der Waals surface area contributed by atoms with Crippen molar-refractivity contribution < 1.29 is 8.78 Å². The van der Waals surface area contributed by atoms with Crippen LogP contribution in [0, 0.1) is 0 Å². The Morgan fingerprint density at radius 1 is 1.64 bits per heavy atom. The van der Waals surface area contributed by atoms with Gasteiger partial charge in [-0.3, -0.25) is 4.68 Å². The number of hydrogen-bond donors (Lipinski definition) is 1. The van der Waals surface area contributed by atoms with Crippen molar-refractivity contribution in [2.24, 2.45) is 5.73 Å². The van der Waals surface area contributed by atoms with E-state index in [-0.39, 0.29) is 13.0 Å². The van der Waals surface area contributed by atoms with E-state index in [0.29, 0.717) is 12.2 Å². The first kappa shape index (κ1) is 9.58. The quantitative estimate of drug-likeness (QED) is 0.796. The first-order chi connectivity index (χ1) is 6.55. The number of alkyl halides is 2. The first-order valence-corrected chi connectivity index (χ1v) is 4.67. The van der Waals surface area contributed by atoms with Crippen LogP contribution in [0.5, 0.6) is 0 Å². The summed E-state index contributed by atoms with van der Waals surface area (Å²) >= 11 is 0. The zero-order valence-corrected chi connectivity index (χ0v) is 8.00. The Labute approximate surface area is 80.9 Å². The molecule has 1 saturated carbocycles. The summed E-state index contributed by atoms with van der Waals surface area (Å²) in [5.74, 6) is -2.67. The number of rotatable bonds is 3. The molecule has 1 heterocycles. The smallest absolute Gasteiger partial charge is 0.261 e. The van der Waals surface area contributed by atoms with Crippen molar-refractivity contribution in [3.8, 4) is 0 Å². The Kier molecular flexibility index (Phi) is 1.89. The SMILES string of the molecule is CCn1ccc(C2(CN)CC2(F)F)n1. The molecule has 1 aliphatic carbocycles. The van der Waals surface area contributed by atoms with E-state index in [1.54, 1.807) is 16.9 Å². The zero-order chi connectivity index (χ0) is 10.4. The maximum atomic E-state index is 13.1. The van der Waals surface area contributed by atoms with Crippen molar-refractivity contribution in [3.63, 3.8) is 0 Å². The molecule has 0 aromatic carbocycles. The monoisotopic (exact) mass is 201 g/mol. The molecule has 0 saturated heterocycles. The fraction of sp³-hybridized carbons (Fsp3) is 0.667. The summed E-state index contributed by atoms with van der Waals surface area (Å²) in [7, 11) is 0. The highest BCUT2D eigenvalue weighted by molar-refractivity contribution is 5.32. The summed E-state index contributed by atoms with van der Waals surface area (Å²) in [6.07, 6.45) is 1.54. The minimum atomic E-state index is -2.67. The third-order valence-corrected chi connectivity index (χ3v) is 2.90. The lowest BCUT2D eigenvalue weighted by atomic mass is 10.0. The summed E-state index contributed by atoms with van der Waals surface area (Å²) < 4.78 is 27.9. The van der Waals surface area contributed by atoms with Crippen LogP contribution in [0.15, 0.2) is 12.3 Å². The number of nitrogens with two attached hydrogens (primary N) is 1. The van der Waals surface area contributed by atoms with E-state index in [2.05, 4.69) is 5.10 Å². The largest absolute Gasteiger partial charge is 0.329 e. The number of hydrogen-bond acceptors (Lipinski definition) is 2. The minimum absolute atomic E-state index is 0.0409. The summed E-state index contributed by atoms with van der Waals surface area (Å²) in [6.45, 7) is 2.56. The second-order valence-electron chi connectivity index (χ2n) is 3.72. The maximum Gasteiger partial charge on any atom is 0.261 e. The number of nitrogens with zero attached hydrogens (tertiary/aromatic N) is 2. The predicted octanol–water partition coefficient (Wildman–Crippen LogP) is 1.14. The molecule has 1 aliphatic rings. The average Bonchev–Trinajstić information content (AvgIpc) is 2.57. The molecule has 0 radical (unpaired) electrons. The molecule has 2 N–H and O–H groups in total. The van der Waals surface area contributed by atoms with Gasteiger partial charge in [-0.05, 0) is 13.0 Å². The van der Waals surface area contributed by atoms with Crippen molar-refractivity contribution >= 4 is 0 Å². The van der Waals surface area contributed by atoms with Crippen molar-refractivity contribution in [1.82, 2.24) is 9.78 Å². The second-order valence-corrected chi connectivity index (χ2v) is 3.72. The third-order valence-electron chi connectivity index (χ3n) is 2.90. The lowest BCUT2D eigenvalue weighted by molar-refractivity contribution is 0.0884. The molecule has 1 fully saturated rings. The summed E-state index contributed by atoms with van der Waals surface area (Å²) in [5, 5.41) is 4.09. The Balaban J connectivity index is 2.31. The average molecular weight is 201 g/mol. The Bertz CT molecular complexity index is 348. The number of halogens is 2. The molecule has 0 bridgehead atoms. The van der Waals surface area contributed by atoms with Crippen LogP contribution in [0.1, 0.15) is 19.0 Å². The highest BCUT2D eigenvalue weighted by atomic mass is 19.3. The molecule has 0 aliphatic heterocycles. The van der Waals surface area contributed by atoms with E-state index in [0.717, 1.165) is 0 Å². The van der Waals surface area contributed by atoms with Crippen molar-refractivity contribution in [3.05, 3.63) is 18.0 Å². The highest BCUT2D eigenvalue weighted by Crippen LogP contribution is 2.60. The van der Waals surface area contributed by atoms with Gasteiger partial charge in [0, 0.05) is 25.7 Å². The fourth-order valence-electron chi connectivity index (χ4n) is 1.73. The first-order valence-electron chi connectivity index (χ1n) is 4.67. The summed E-state index contributed by atoms with van der Waals surface area (Å²) in [5.41, 5.74) is 4.63. The van der Waals surface area contributed by atoms with Crippen LogP contribution < -0.4 is 5.73 Å². The van der Waals surface area contributed by atoms with Crippen molar-refractivity contribution in [2.75, 3.05) is 6.54 Å². The second kappa shape index (κ2) is 2.76. The van der Waals surface area contributed by atoms with Gasteiger partial charge in [0.1, 0.15) is 0 Å². The fourth-order valence-corrected chi connectivity index (χ4v) is 1.73. The van der Waals surface area contributed by atoms with E-state index < -0.39 is 11.3 Å². The topological polar surface area (TPSA) is 43.8 Å². The van der Waals surface area contributed by atoms with E-state index in [4.69, 9.17) is 5.73 Å². The van der Waals surface area contributed by atoms with E-state index in [1.165, 1.54) is 0 Å². The molecule has 0 spiro atoms. The molecule has 0 amide bonds. The molecule has 5 heteroatoms. The number of aromatic nitrogens is 2. The van der Waals surface area contributed by atoms with Gasteiger partial charge in [0.15, 0.2) is 0 Å². The minimum Gasteiger partial charge on any atom is -0.329 e. The molecule has 1 atom stereocenters. The molecule has 1 unspecified atom stereocenters. The highest BCUT2D eigenvalue weighted by Gasteiger charge is 2.72. The molecule has 2 rings (SSSR count). The van der Waals surface area contributed by atoms with Crippen LogP contribution >= 0.6 is 0 Å². The van der Waals surface area contributed by atoms with Crippen LogP contribution in [-0.2, 0) is 12.0 Å². The van der Waals surface area contributed by atoms with Gasteiger partial charge in [-0.1, -0.05) is 0 Å². The molecule has 3 nitrogen and oxygen atoms in total. The van der Waals surface area contributed by atoms with Gasteiger partial charge in [0.25, 0.3) is 5.92 Å². The normalized spacial score (nSPS) is 29.1. The zero-order valence-electron chi connectivity index (χ0n) is 8.00. The lowest BCUT2D eigenvalue weighted by Crippen LogP contribution is -2.27. The van der Waals surface area contributed by atoms with Gasteiger partial charge < -0.3 is 5.73 Å². The Morgan fingerprint density at radius 2 is 2.29 bits per heavy atom.